The van der Waals surface area contributed by atoms with E-state index in [0.29, 0.717) is 13.0 Å². The molecule has 1 aliphatic heterocycles. The second-order valence-electron chi connectivity index (χ2n) is 7.45. The van der Waals surface area contributed by atoms with Gasteiger partial charge in [0.15, 0.2) is 0 Å². The van der Waals surface area contributed by atoms with E-state index < -0.39 is 6.04 Å². The van der Waals surface area contributed by atoms with Crippen LogP contribution in [-0.2, 0) is 30.6 Å². The van der Waals surface area contributed by atoms with E-state index >= 15 is 0 Å². The van der Waals surface area contributed by atoms with E-state index in [4.69, 9.17) is 0 Å². The molecule has 0 unspecified atom stereocenters. The van der Waals surface area contributed by atoms with Gasteiger partial charge in [0.05, 0.1) is 5.56 Å². The second-order valence-corrected chi connectivity index (χ2v) is 9.42. The molecule has 1 atom stereocenters. The summed E-state index contributed by atoms with van der Waals surface area (Å²) in [5.74, 6) is -0.0134. The Hall–Kier alpha value is -1.66. The Bertz CT molecular complexity index is 839. The number of nitrogens with one attached hydrogen (secondary N) is 1. The number of thiophene rings is 2. The molecule has 144 valence electrons. The maximum absolute atomic E-state index is 13.1. The Morgan fingerprint density at radius 1 is 1.19 bits per heavy atom. The monoisotopic (exact) mass is 402 g/mol. The van der Waals surface area contributed by atoms with Crippen LogP contribution in [0.1, 0.15) is 63.8 Å². The zero-order chi connectivity index (χ0) is 18.8. The molecule has 0 bridgehead atoms. The van der Waals surface area contributed by atoms with Gasteiger partial charge < -0.3 is 10.2 Å². The number of nitrogens with zero attached hydrogens (tertiary/aromatic N) is 1. The maximum Gasteiger partial charge on any atom is 0.253 e. The van der Waals surface area contributed by atoms with E-state index in [2.05, 4.69) is 23.7 Å². The molecule has 2 amide bonds. The standard InChI is InChI=1S/C21H26N2O2S2/c1-2-5-17(21(25)23-10-8-18-14(12-23)9-11-26-18)22-20(24)16-13-27-19-7-4-3-6-15(16)19/h9,11,13,17H,2-8,10,12H2,1H3,(H,22,24)/t17-/m0/s1. The van der Waals surface area contributed by atoms with Crippen LogP contribution in [0.4, 0.5) is 0 Å². The van der Waals surface area contributed by atoms with Crippen molar-refractivity contribution in [2.24, 2.45) is 0 Å². The number of rotatable bonds is 5. The molecule has 6 heteroatoms. The third kappa shape index (κ3) is 3.83. The average Bonchev–Trinajstić information content (AvgIpc) is 3.33. The molecule has 0 saturated carbocycles. The molecule has 2 aromatic rings. The Balaban J connectivity index is 1.47. The highest BCUT2D eigenvalue weighted by Crippen LogP contribution is 2.30. The molecule has 0 radical (unpaired) electrons. The minimum Gasteiger partial charge on any atom is -0.340 e. The number of amides is 2. The third-order valence-corrected chi connectivity index (χ3v) is 7.72. The molecule has 4 rings (SSSR count). The summed E-state index contributed by atoms with van der Waals surface area (Å²) in [6.07, 6.45) is 6.91. The number of aryl methyl sites for hydroxylation is 1. The Morgan fingerprint density at radius 2 is 2.04 bits per heavy atom. The summed E-state index contributed by atoms with van der Waals surface area (Å²) in [6, 6.07) is 1.69. The van der Waals surface area contributed by atoms with Crippen LogP contribution in [-0.4, -0.2) is 29.3 Å². The van der Waals surface area contributed by atoms with Gasteiger partial charge in [-0.3, -0.25) is 9.59 Å². The number of carbonyl (C=O) groups excluding carboxylic acids is 2. The highest BCUT2D eigenvalue weighted by molar-refractivity contribution is 7.10. The molecule has 0 aromatic carbocycles. The first-order chi connectivity index (χ1) is 13.2. The lowest BCUT2D eigenvalue weighted by Crippen LogP contribution is -2.49. The lowest BCUT2D eigenvalue weighted by molar-refractivity contribution is -0.134. The summed E-state index contributed by atoms with van der Waals surface area (Å²) in [5.41, 5.74) is 3.27. The van der Waals surface area contributed by atoms with Crippen LogP contribution in [0.25, 0.3) is 0 Å². The number of hydrogen-bond acceptors (Lipinski definition) is 4. The normalized spacial score (nSPS) is 17.1. The van der Waals surface area contributed by atoms with Gasteiger partial charge in [0, 0.05) is 28.2 Å². The summed E-state index contributed by atoms with van der Waals surface area (Å²) in [4.78, 5) is 30.7. The van der Waals surface area contributed by atoms with Crippen molar-refractivity contribution in [2.45, 2.75) is 64.5 Å². The fourth-order valence-electron chi connectivity index (χ4n) is 4.12. The quantitative estimate of drug-likeness (QED) is 0.816. The molecular formula is C21H26N2O2S2. The first kappa shape index (κ1) is 18.7. The molecule has 0 fully saturated rings. The smallest absolute Gasteiger partial charge is 0.253 e. The van der Waals surface area contributed by atoms with Gasteiger partial charge in [0.2, 0.25) is 5.91 Å². The molecule has 3 heterocycles. The van der Waals surface area contributed by atoms with E-state index in [1.54, 1.807) is 22.7 Å². The van der Waals surface area contributed by atoms with Crippen LogP contribution in [0.2, 0.25) is 0 Å². The molecular weight excluding hydrogens is 376 g/mol. The van der Waals surface area contributed by atoms with Gasteiger partial charge in [-0.1, -0.05) is 13.3 Å². The van der Waals surface area contributed by atoms with Crippen LogP contribution in [0.15, 0.2) is 16.8 Å². The van der Waals surface area contributed by atoms with Crippen LogP contribution >= 0.6 is 22.7 Å². The topological polar surface area (TPSA) is 49.4 Å². The molecule has 2 aliphatic rings. The predicted octanol–water partition coefficient (Wildman–Crippen LogP) is 4.17. The third-order valence-electron chi connectivity index (χ3n) is 5.61. The minimum absolute atomic E-state index is 0.0612. The van der Waals surface area contributed by atoms with Crippen molar-refractivity contribution in [1.29, 1.82) is 0 Å². The summed E-state index contributed by atoms with van der Waals surface area (Å²) in [7, 11) is 0. The Morgan fingerprint density at radius 3 is 2.89 bits per heavy atom. The zero-order valence-corrected chi connectivity index (χ0v) is 17.4. The van der Waals surface area contributed by atoms with E-state index in [1.807, 2.05) is 10.3 Å². The zero-order valence-electron chi connectivity index (χ0n) is 15.8. The van der Waals surface area contributed by atoms with E-state index in [9.17, 15) is 9.59 Å². The minimum atomic E-state index is -0.429. The Labute approximate surface area is 168 Å². The van der Waals surface area contributed by atoms with Crippen molar-refractivity contribution in [3.05, 3.63) is 43.3 Å². The number of hydrogen-bond donors (Lipinski definition) is 1. The fourth-order valence-corrected chi connectivity index (χ4v) is 6.14. The van der Waals surface area contributed by atoms with E-state index in [-0.39, 0.29) is 11.8 Å². The molecule has 1 N–H and O–H groups in total. The Kier molecular flexibility index (Phi) is 5.64. The van der Waals surface area contributed by atoms with Gasteiger partial charge in [0.25, 0.3) is 5.91 Å². The van der Waals surface area contributed by atoms with E-state index in [1.165, 1.54) is 27.3 Å². The van der Waals surface area contributed by atoms with Crippen molar-refractivity contribution in [3.63, 3.8) is 0 Å². The van der Waals surface area contributed by atoms with Gasteiger partial charge in [-0.15, -0.1) is 22.7 Å². The first-order valence-corrected chi connectivity index (χ1v) is 11.7. The van der Waals surface area contributed by atoms with Crippen molar-refractivity contribution in [1.82, 2.24) is 10.2 Å². The highest BCUT2D eigenvalue weighted by Gasteiger charge is 2.30. The van der Waals surface area contributed by atoms with Gasteiger partial charge >= 0.3 is 0 Å². The second kappa shape index (κ2) is 8.15. The van der Waals surface area contributed by atoms with Crippen molar-refractivity contribution in [3.8, 4) is 0 Å². The fraction of sp³-hybridized carbons (Fsp3) is 0.524. The average molecular weight is 403 g/mol. The predicted molar refractivity (Wildman–Crippen MR) is 111 cm³/mol. The van der Waals surface area contributed by atoms with Gasteiger partial charge in [0.1, 0.15) is 6.04 Å². The van der Waals surface area contributed by atoms with Crippen molar-refractivity contribution >= 4 is 34.5 Å². The van der Waals surface area contributed by atoms with Crippen molar-refractivity contribution < 1.29 is 9.59 Å². The maximum atomic E-state index is 13.1. The molecule has 1 aliphatic carbocycles. The summed E-state index contributed by atoms with van der Waals surface area (Å²) < 4.78 is 0. The lowest BCUT2D eigenvalue weighted by Gasteiger charge is -2.31. The summed E-state index contributed by atoms with van der Waals surface area (Å²) in [5, 5.41) is 7.15. The van der Waals surface area contributed by atoms with Gasteiger partial charge in [-0.05, 0) is 61.1 Å². The lowest BCUT2D eigenvalue weighted by atomic mass is 9.95. The summed E-state index contributed by atoms with van der Waals surface area (Å²) in [6.45, 7) is 3.48. The van der Waals surface area contributed by atoms with Crippen LogP contribution in [0, 0.1) is 0 Å². The van der Waals surface area contributed by atoms with Crippen LogP contribution in [0.3, 0.4) is 0 Å². The summed E-state index contributed by atoms with van der Waals surface area (Å²) >= 11 is 3.47. The molecule has 0 spiro atoms. The number of carbonyl (C=O) groups is 2. The molecule has 27 heavy (non-hydrogen) atoms. The van der Waals surface area contributed by atoms with Crippen LogP contribution < -0.4 is 5.32 Å². The molecule has 2 aromatic heterocycles. The van der Waals surface area contributed by atoms with Gasteiger partial charge in [-0.2, -0.15) is 0 Å². The van der Waals surface area contributed by atoms with Gasteiger partial charge in [-0.25, -0.2) is 0 Å². The highest BCUT2D eigenvalue weighted by atomic mass is 32.1. The largest absolute Gasteiger partial charge is 0.340 e. The van der Waals surface area contributed by atoms with Crippen LogP contribution in [0.5, 0.6) is 0 Å². The van der Waals surface area contributed by atoms with E-state index in [0.717, 1.165) is 44.2 Å². The number of fused-ring (bicyclic) bond motifs is 2. The first-order valence-electron chi connectivity index (χ1n) is 9.91. The molecule has 0 saturated heterocycles. The van der Waals surface area contributed by atoms with Crippen molar-refractivity contribution in [2.75, 3.05) is 6.54 Å². The SMILES string of the molecule is CCC[C@H](NC(=O)c1csc2c1CCCC2)C(=O)N1CCc2sccc2C1. The molecule has 4 nitrogen and oxygen atoms in total.